The van der Waals surface area contributed by atoms with E-state index >= 15 is 0 Å². The zero-order valence-electron chi connectivity index (χ0n) is 15.0. The van der Waals surface area contributed by atoms with Crippen LogP contribution in [0.15, 0.2) is 24.3 Å². The largest absolute Gasteiger partial charge is 0.481 e. The summed E-state index contributed by atoms with van der Waals surface area (Å²) in [6.45, 7) is 0.249. The highest BCUT2D eigenvalue weighted by Gasteiger charge is 2.35. The molecule has 0 radical (unpaired) electrons. The first-order valence-corrected chi connectivity index (χ1v) is 9.03. The molecule has 1 aromatic rings. The number of halogens is 3. The molecule has 0 aromatic heterocycles. The Balaban J connectivity index is 1.91. The number of aliphatic carboxylic acids is 1. The molecule has 0 heterocycles. The number of hydrogen-bond donors (Lipinski definition) is 3. The Morgan fingerprint density at radius 3 is 2.26 bits per heavy atom. The summed E-state index contributed by atoms with van der Waals surface area (Å²) in [5.41, 5.74) is 5.21. The maximum Gasteiger partial charge on any atom is 0.416 e. The van der Waals surface area contributed by atoms with Crippen molar-refractivity contribution in [3.8, 4) is 0 Å². The minimum atomic E-state index is -4.41. The van der Waals surface area contributed by atoms with Gasteiger partial charge in [-0.1, -0.05) is 31.4 Å². The van der Waals surface area contributed by atoms with Crippen LogP contribution in [0.3, 0.4) is 0 Å². The predicted molar refractivity (Wildman–Crippen MR) is 93.9 cm³/mol. The Labute approximate surface area is 156 Å². The Kier molecular flexibility index (Phi) is 6.86. The van der Waals surface area contributed by atoms with E-state index in [1.165, 1.54) is 12.1 Å². The van der Waals surface area contributed by atoms with E-state index < -0.39 is 35.1 Å². The van der Waals surface area contributed by atoms with Gasteiger partial charge in [0, 0.05) is 6.54 Å². The standard InChI is InChI=1S/C19H25F3N2O3/c20-19(21,22)14-6-4-13(5-7-14)10-15(23)17(27)24-12-18(11-16(25)26)8-2-1-3-9-18/h4-7,15H,1-3,8-12,23H2,(H,24,27)(H,25,26)/t15-/m1/s1. The molecule has 0 aliphatic heterocycles. The molecule has 4 N–H and O–H groups in total. The van der Waals surface area contributed by atoms with Gasteiger partial charge in [-0.05, 0) is 42.4 Å². The Morgan fingerprint density at radius 2 is 1.74 bits per heavy atom. The van der Waals surface area contributed by atoms with Crippen LogP contribution in [0.1, 0.15) is 49.7 Å². The lowest BCUT2D eigenvalue weighted by molar-refractivity contribution is -0.141. The Hall–Kier alpha value is -2.09. The van der Waals surface area contributed by atoms with Gasteiger partial charge in [-0.2, -0.15) is 13.2 Å². The Bertz CT molecular complexity index is 653. The highest BCUT2D eigenvalue weighted by Crippen LogP contribution is 2.38. The van der Waals surface area contributed by atoms with Crippen molar-refractivity contribution in [2.75, 3.05) is 6.54 Å². The van der Waals surface area contributed by atoms with Crippen LogP contribution in [0, 0.1) is 5.41 Å². The van der Waals surface area contributed by atoms with Crippen LogP contribution in [0.5, 0.6) is 0 Å². The molecule has 1 atom stereocenters. The number of alkyl halides is 3. The van der Waals surface area contributed by atoms with E-state index in [0.29, 0.717) is 5.56 Å². The molecule has 5 nitrogen and oxygen atoms in total. The number of nitrogens with one attached hydrogen (secondary N) is 1. The van der Waals surface area contributed by atoms with Crippen LogP contribution in [0.2, 0.25) is 0 Å². The second-order valence-corrected chi connectivity index (χ2v) is 7.35. The number of nitrogens with two attached hydrogens (primary N) is 1. The van der Waals surface area contributed by atoms with Crippen LogP contribution in [0.25, 0.3) is 0 Å². The summed E-state index contributed by atoms with van der Waals surface area (Å²) in [4.78, 5) is 23.5. The molecule has 1 aliphatic rings. The first-order chi connectivity index (χ1) is 12.6. The molecular formula is C19H25F3N2O3. The molecule has 0 bridgehead atoms. The topological polar surface area (TPSA) is 92.4 Å². The van der Waals surface area contributed by atoms with E-state index in [4.69, 9.17) is 10.8 Å². The summed E-state index contributed by atoms with van der Waals surface area (Å²) in [5.74, 6) is -1.31. The van der Waals surface area contributed by atoms with Gasteiger partial charge in [0.05, 0.1) is 18.0 Å². The lowest BCUT2D eigenvalue weighted by atomic mass is 9.71. The van der Waals surface area contributed by atoms with Crippen molar-refractivity contribution in [1.82, 2.24) is 5.32 Å². The van der Waals surface area contributed by atoms with E-state index in [2.05, 4.69) is 5.32 Å². The number of benzene rings is 1. The quantitative estimate of drug-likeness (QED) is 0.671. The molecule has 0 spiro atoms. The van der Waals surface area contributed by atoms with E-state index in [-0.39, 0.29) is 19.4 Å². The molecule has 150 valence electrons. The van der Waals surface area contributed by atoms with Crippen molar-refractivity contribution in [2.45, 2.75) is 57.2 Å². The first-order valence-electron chi connectivity index (χ1n) is 9.03. The van der Waals surface area contributed by atoms with Crippen LogP contribution in [0.4, 0.5) is 13.2 Å². The fourth-order valence-corrected chi connectivity index (χ4v) is 3.62. The lowest BCUT2D eigenvalue weighted by Gasteiger charge is -2.36. The van der Waals surface area contributed by atoms with E-state index in [0.717, 1.165) is 44.2 Å². The SMILES string of the molecule is N[C@H](Cc1ccc(C(F)(F)F)cc1)C(=O)NCC1(CC(=O)O)CCCCC1. The zero-order valence-corrected chi connectivity index (χ0v) is 15.0. The third-order valence-electron chi connectivity index (χ3n) is 5.15. The summed E-state index contributed by atoms with van der Waals surface area (Å²) in [6.07, 6.45) is 0.111. The molecule has 1 amide bonds. The normalized spacial score (nSPS) is 17.9. The van der Waals surface area contributed by atoms with Crippen molar-refractivity contribution in [1.29, 1.82) is 0 Å². The van der Waals surface area contributed by atoms with Crippen molar-refractivity contribution in [3.05, 3.63) is 35.4 Å². The first kappa shape index (κ1) is 21.2. The van der Waals surface area contributed by atoms with Gasteiger partial charge in [0.1, 0.15) is 0 Å². The maximum atomic E-state index is 12.6. The lowest BCUT2D eigenvalue weighted by Crippen LogP contribution is -2.47. The van der Waals surface area contributed by atoms with Crippen molar-refractivity contribution < 1.29 is 27.9 Å². The molecule has 0 unspecified atom stereocenters. The van der Waals surface area contributed by atoms with Crippen LogP contribution < -0.4 is 11.1 Å². The molecule has 1 saturated carbocycles. The van der Waals surface area contributed by atoms with Gasteiger partial charge in [0.2, 0.25) is 5.91 Å². The van der Waals surface area contributed by atoms with E-state index in [1.807, 2.05) is 0 Å². The van der Waals surface area contributed by atoms with Gasteiger partial charge in [-0.15, -0.1) is 0 Å². The molecule has 27 heavy (non-hydrogen) atoms. The van der Waals surface area contributed by atoms with Crippen molar-refractivity contribution >= 4 is 11.9 Å². The van der Waals surface area contributed by atoms with Crippen LogP contribution in [-0.2, 0) is 22.2 Å². The third-order valence-corrected chi connectivity index (χ3v) is 5.15. The average molecular weight is 386 g/mol. The highest BCUT2D eigenvalue weighted by atomic mass is 19.4. The fourth-order valence-electron chi connectivity index (χ4n) is 3.62. The summed E-state index contributed by atoms with van der Waals surface area (Å²) in [7, 11) is 0. The molecule has 0 saturated heterocycles. The number of hydrogen-bond acceptors (Lipinski definition) is 3. The van der Waals surface area contributed by atoms with Gasteiger partial charge in [-0.25, -0.2) is 0 Å². The summed E-state index contributed by atoms with van der Waals surface area (Å²) in [6, 6.07) is 3.63. The van der Waals surface area contributed by atoms with Crippen LogP contribution >= 0.6 is 0 Å². The molecular weight excluding hydrogens is 361 g/mol. The van der Waals surface area contributed by atoms with Crippen molar-refractivity contribution in [2.24, 2.45) is 11.1 Å². The second kappa shape index (κ2) is 8.73. The van der Waals surface area contributed by atoms with E-state index in [9.17, 15) is 22.8 Å². The summed E-state index contributed by atoms with van der Waals surface area (Å²) >= 11 is 0. The Morgan fingerprint density at radius 1 is 1.15 bits per heavy atom. The number of carboxylic acid groups (broad SMARTS) is 1. The van der Waals surface area contributed by atoms with Crippen molar-refractivity contribution in [3.63, 3.8) is 0 Å². The van der Waals surface area contributed by atoms with Gasteiger partial charge in [0.15, 0.2) is 0 Å². The predicted octanol–water partition coefficient (Wildman–Crippen LogP) is 3.12. The number of amides is 1. The maximum absolute atomic E-state index is 12.6. The molecule has 8 heteroatoms. The summed E-state index contributed by atoms with van der Waals surface area (Å²) < 4.78 is 37.8. The fraction of sp³-hybridized carbons (Fsp3) is 0.579. The number of rotatable bonds is 7. The third kappa shape index (κ3) is 6.23. The minimum Gasteiger partial charge on any atom is -0.481 e. The molecule has 1 aliphatic carbocycles. The molecule has 2 rings (SSSR count). The highest BCUT2D eigenvalue weighted by molar-refractivity contribution is 5.82. The molecule has 1 fully saturated rings. The van der Waals surface area contributed by atoms with Gasteiger partial charge in [0.25, 0.3) is 0 Å². The van der Waals surface area contributed by atoms with Crippen LogP contribution in [-0.4, -0.2) is 29.6 Å². The number of carboxylic acids is 1. The van der Waals surface area contributed by atoms with Gasteiger partial charge >= 0.3 is 12.1 Å². The minimum absolute atomic E-state index is 0.00141. The zero-order chi connectivity index (χ0) is 20.1. The van der Waals surface area contributed by atoms with E-state index in [1.54, 1.807) is 0 Å². The van der Waals surface area contributed by atoms with Gasteiger partial charge < -0.3 is 16.2 Å². The average Bonchev–Trinajstić information content (AvgIpc) is 2.59. The van der Waals surface area contributed by atoms with Gasteiger partial charge in [-0.3, -0.25) is 9.59 Å². The number of carbonyl (C=O) groups excluding carboxylic acids is 1. The smallest absolute Gasteiger partial charge is 0.416 e. The molecule has 1 aromatic carbocycles. The monoisotopic (exact) mass is 386 g/mol. The number of carbonyl (C=O) groups is 2. The second-order valence-electron chi connectivity index (χ2n) is 7.35. The summed E-state index contributed by atoms with van der Waals surface area (Å²) in [5, 5.41) is 11.9.